The van der Waals surface area contributed by atoms with Crippen molar-refractivity contribution >= 4 is 0 Å². The van der Waals surface area contributed by atoms with Crippen LogP contribution in [-0.2, 0) is 13.5 Å². The van der Waals surface area contributed by atoms with E-state index in [1.54, 1.807) is 0 Å². The molecular weight excluding hydrogens is 234 g/mol. The number of hydrogen-bond donors (Lipinski definition) is 1. The normalized spacial score (nSPS) is 20.1. The maximum atomic E-state index is 4.30. The molecule has 1 fully saturated rings. The minimum atomic E-state index is 0.499. The molecule has 0 aliphatic heterocycles. The Hall–Kier alpha value is -0.830. The molecule has 1 atom stereocenters. The average molecular weight is 263 g/mol. The van der Waals surface area contributed by atoms with Gasteiger partial charge in [-0.1, -0.05) is 26.7 Å². The van der Waals surface area contributed by atoms with E-state index in [1.165, 1.54) is 37.7 Å². The highest BCUT2D eigenvalue weighted by molar-refractivity contribution is 5.09. The van der Waals surface area contributed by atoms with E-state index in [0.29, 0.717) is 11.5 Å². The van der Waals surface area contributed by atoms with Crippen LogP contribution in [0.15, 0.2) is 12.4 Å². The second kappa shape index (κ2) is 6.08. The van der Waals surface area contributed by atoms with Crippen molar-refractivity contribution in [3.8, 4) is 0 Å². The number of aromatic nitrogens is 2. The minimum Gasteiger partial charge on any atom is -0.316 e. The van der Waals surface area contributed by atoms with E-state index in [9.17, 15) is 0 Å². The summed E-state index contributed by atoms with van der Waals surface area (Å²) in [5, 5.41) is 7.91. The highest BCUT2D eigenvalue weighted by Gasteiger charge is 2.40. The molecule has 1 aromatic rings. The summed E-state index contributed by atoms with van der Waals surface area (Å²) < 4.78 is 1.91. The van der Waals surface area contributed by atoms with Gasteiger partial charge in [0.1, 0.15) is 0 Å². The predicted molar refractivity (Wildman–Crippen MR) is 80.1 cm³/mol. The fourth-order valence-electron chi connectivity index (χ4n) is 4.02. The molecule has 1 saturated carbocycles. The summed E-state index contributed by atoms with van der Waals surface area (Å²) in [5.74, 6) is 0.780. The van der Waals surface area contributed by atoms with Gasteiger partial charge in [0.2, 0.25) is 0 Å². The van der Waals surface area contributed by atoms with Crippen LogP contribution in [0.25, 0.3) is 0 Å². The van der Waals surface area contributed by atoms with Crippen molar-refractivity contribution in [1.29, 1.82) is 0 Å². The van der Waals surface area contributed by atoms with Crippen LogP contribution < -0.4 is 5.32 Å². The molecule has 0 amide bonds. The molecule has 3 heteroatoms. The Bertz CT molecular complexity index is 388. The van der Waals surface area contributed by atoms with Crippen molar-refractivity contribution in [3.63, 3.8) is 0 Å². The van der Waals surface area contributed by atoms with Crippen LogP contribution in [0.4, 0.5) is 0 Å². The first-order chi connectivity index (χ1) is 9.05. The zero-order valence-corrected chi connectivity index (χ0v) is 12.9. The Morgan fingerprint density at radius 3 is 2.53 bits per heavy atom. The first-order valence-electron chi connectivity index (χ1n) is 7.70. The van der Waals surface area contributed by atoms with Crippen LogP contribution in [0, 0.1) is 11.3 Å². The van der Waals surface area contributed by atoms with Gasteiger partial charge in [-0.05, 0) is 49.6 Å². The second-order valence-corrected chi connectivity index (χ2v) is 6.74. The lowest BCUT2D eigenvalue weighted by molar-refractivity contribution is 0.160. The van der Waals surface area contributed by atoms with Gasteiger partial charge in [0.05, 0.1) is 6.20 Å². The third-order valence-electron chi connectivity index (χ3n) is 4.70. The van der Waals surface area contributed by atoms with E-state index in [0.717, 1.165) is 12.3 Å². The van der Waals surface area contributed by atoms with Gasteiger partial charge in [0.25, 0.3) is 0 Å². The average Bonchev–Trinajstić information content (AvgIpc) is 2.95. The van der Waals surface area contributed by atoms with Crippen molar-refractivity contribution in [3.05, 3.63) is 18.0 Å². The summed E-state index contributed by atoms with van der Waals surface area (Å²) in [7, 11) is 4.12. The van der Waals surface area contributed by atoms with Crippen LogP contribution in [-0.4, -0.2) is 22.9 Å². The molecule has 19 heavy (non-hydrogen) atoms. The van der Waals surface area contributed by atoms with E-state index in [1.807, 2.05) is 17.9 Å². The lowest BCUT2D eigenvalue weighted by Gasteiger charge is -2.39. The maximum absolute atomic E-state index is 4.30. The van der Waals surface area contributed by atoms with Gasteiger partial charge in [-0.3, -0.25) is 4.68 Å². The molecular formula is C16H29N3. The summed E-state index contributed by atoms with van der Waals surface area (Å²) in [5.41, 5.74) is 1.86. The summed E-state index contributed by atoms with van der Waals surface area (Å²) >= 11 is 0. The minimum absolute atomic E-state index is 0.499. The van der Waals surface area contributed by atoms with E-state index in [2.05, 4.69) is 37.5 Å². The third kappa shape index (κ3) is 3.38. The van der Waals surface area contributed by atoms with Crippen molar-refractivity contribution in [1.82, 2.24) is 15.1 Å². The van der Waals surface area contributed by atoms with Gasteiger partial charge in [0.15, 0.2) is 0 Å². The Morgan fingerprint density at radius 1 is 1.37 bits per heavy atom. The van der Waals surface area contributed by atoms with Crippen LogP contribution in [0.5, 0.6) is 0 Å². The molecule has 0 radical (unpaired) electrons. The zero-order valence-electron chi connectivity index (χ0n) is 12.9. The van der Waals surface area contributed by atoms with Gasteiger partial charge in [-0.15, -0.1) is 0 Å². The second-order valence-electron chi connectivity index (χ2n) is 6.74. The Kier molecular flexibility index (Phi) is 4.67. The van der Waals surface area contributed by atoms with Crippen molar-refractivity contribution in [2.24, 2.45) is 18.4 Å². The molecule has 0 aromatic carbocycles. The predicted octanol–water partition coefficient (Wildman–Crippen LogP) is 3.16. The highest BCUT2D eigenvalue weighted by atomic mass is 15.2. The Morgan fingerprint density at radius 2 is 2.05 bits per heavy atom. The number of aryl methyl sites for hydroxylation is 1. The summed E-state index contributed by atoms with van der Waals surface area (Å²) in [6, 6.07) is 0.585. The topological polar surface area (TPSA) is 29.9 Å². The monoisotopic (exact) mass is 263 g/mol. The van der Waals surface area contributed by atoms with Crippen molar-refractivity contribution in [2.75, 3.05) is 7.05 Å². The number of likely N-dealkylation sites (N-methyl/N-ethyl adjacent to an activating group) is 1. The first kappa shape index (κ1) is 14.6. The summed E-state index contributed by atoms with van der Waals surface area (Å²) in [6.45, 7) is 4.72. The molecule has 1 aliphatic carbocycles. The lowest BCUT2D eigenvalue weighted by atomic mass is 9.71. The lowest BCUT2D eigenvalue weighted by Crippen LogP contribution is -2.44. The molecule has 1 aromatic heterocycles. The zero-order chi connectivity index (χ0) is 13.9. The first-order valence-corrected chi connectivity index (χ1v) is 7.70. The van der Waals surface area contributed by atoms with Crippen molar-refractivity contribution < 1.29 is 0 Å². The molecule has 1 unspecified atom stereocenters. The van der Waals surface area contributed by atoms with Crippen LogP contribution in [0.3, 0.4) is 0 Å². The van der Waals surface area contributed by atoms with E-state index < -0.39 is 0 Å². The van der Waals surface area contributed by atoms with E-state index in [-0.39, 0.29) is 0 Å². The quantitative estimate of drug-likeness (QED) is 0.854. The Labute approximate surface area is 117 Å². The van der Waals surface area contributed by atoms with Crippen LogP contribution >= 0.6 is 0 Å². The Balaban J connectivity index is 2.13. The molecule has 2 rings (SSSR count). The number of nitrogens with zero attached hydrogens (tertiary/aromatic N) is 2. The van der Waals surface area contributed by atoms with Gasteiger partial charge in [0, 0.05) is 19.3 Å². The van der Waals surface area contributed by atoms with Crippen LogP contribution in [0.1, 0.15) is 51.5 Å². The molecule has 3 nitrogen and oxygen atoms in total. The maximum Gasteiger partial charge on any atom is 0.0522 e. The summed E-state index contributed by atoms with van der Waals surface area (Å²) in [6.07, 6.45) is 12.2. The van der Waals surface area contributed by atoms with E-state index in [4.69, 9.17) is 0 Å². The third-order valence-corrected chi connectivity index (χ3v) is 4.70. The molecule has 1 aliphatic rings. The van der Waals surface area contributed by atoms with Crippen LogP contribution in [0.2, 0.25) is 0 Å². The molecule has 0 spiro atoms. The largest absolute Gasteiger partial charge is 0.316 e. The van der Waals surface area contributed by atoms with Gasteiger partial charge < -0.3 is 5.32 Å². The van der Waals surface area contributed by atoms with Gasteiger partial charge in [-0.2, -0.15) is 5.10 Å². The highest BCUT2D eigenvalue weighted by Crippen LogP contribution is 2.46. The van der Waals surface area contributed by atoms with E-state index >= 15 is 0 Å². The molecule has 108 valence electrons. The standard InChI is InChI=1S/C16H29N3/c1-13(2)10-16(7-5-6-8-16)15(17-3)9-14-11-18-19(4)12-14/h11-13,15,17H,5-10H2,1-4H3. The molecule has 0 saturated heterocycles. The number of hydrogen-bond acceptors (Lipinski definition) is 2. The molecule has 1 N–H and O–H groups in total. The smallest absolute Gasteiger partial charge is 0.0522 e. The fourth-order valence-corrected chi connectivity index (χ4v) is 4.02. The summed E-state index contributed by atoms with van der Waals surface area (Å²) in [4.78, 5) is 0. The number of rotatable bonds is 6. The van der Waals surface area contributed by atoms with Gasteiger partial charge >= 0.3 is 0 Å². The molecule has 0 bridgehead atoms. The fraction of sp³-hybridized carbons (Fsp3) is 0.812. The molecule has 1 heterocycles. The van der Waals surface area contributed by atoms with Crippen molar-refractivity contribution in [2.45, 2.75) is 58.4 Å². The van der Waals surface area contributed by atoms with Gasteiger partial charge in [-0.25, -0.2) is 0 Å². The number of nitrogens with one attached hydrogen (secondary N) is 1. The SMILES string of the molecule is CNC(Cc1cnn(C)c1)C1(CC(C)C)CCCC1.